The number of halogens is 1. The number of benzene rings is 3. The number of rotatable bonds is 28. The van der Waals surface area contributed by atoms with Crippen LogP contribution in [0.15, 0.2) is 157 Å². The van der Waals surface area contributed by atoms with E-state index in [1.165, 1.54) is 18.5 Å². The van der Waals surface area contributed by atoms with E-state index in [4.69, 9.17) is 76.1 Å². The van der Waals surface area contributed by atoms with E-state index >= 15 is 0 Å². The molecular formula is C56H74IN6O33P5Si. The average molecular weight is 1670 g/mol. The quantitative estimate of drug-likeness (QED) is 0.0104. The lowest BCUT2D eigenvalue weighted by molar-refractivity contribution is -0.149. The number of nitrogens with zero attached hydrogens (tertiary/aromatic N) is 4. The summed E-state index contributed by atoms with van der Waals surface area (Å²) in [4.78, 5) is 155. The summed E-state index contributed by atoms with van der Waals surface area (Å²) in [5.41, 5.74) is -3.49. The van der Waals surface area contributed by atoms with E-state index in [0.29, 0.717) is 5.56 Å². The summed E-state index contributed by atoms with van der Waals surface area (Å²) in [6.07, 6.45) is -9.94. The fourth-order valence-corrected chi connectivity index (χ4v) is 14.0. The van der Waals surface area contributed by atoms with Gasteiger partial charge in [-0.15, -0.1) is 21.8 Å². The number of phosphoric acid groups is 2. The molecule has 6 aromatic rings. The molecule has 3 saturated heterocycles. The van der Waals surface area contributed by atoms with Crippen molar-refractivity contribution in [2.24, 2.45) is 0 Å². The number of H-pyrrole nitrogens is 2. The van der Waals surface area contributed by atoms with Gasteiger partial charge in [0.1, 0.15) is 18.4 Å². The number of hydrogen-bond donors (Lipinski definition) is 9. The Morgan fingerprint density at radius 2 is 0.990 bits per heavy atom. The Morgan fingerprint density at radius 1 is 0.569 bits per heavy atom. The number of ether oxygens (including phenoxy) is 9. The summed E-state index contributed by atoms with van der Waals surface area (Å²) in [6, 6.07) is 29.0. The van der Waals surface area contributed by atoms with Crippen LogP contribution in [0, 0.1) is 0 Å². The number of aliphatic hydroxyl groups is 1. The van der Waals surface area contributed by atoms with Crippen LogP contribution in [0.25, 0.3) is 0 Å². The SMILES string of the molecule is CCOP(=O)(CO[C@@H]1C[C@H](OC(=O)c2ccccc2)[C@H](n2ccc(=O)n(COCc3ccccc3)c2=O)O1)OCC.C[Si](C)(C)I.O=C(O[C@H]1C[C@@H](OCP(=O)(O)O)O[C@H]1n1ccc(=O)[nH]c1=O)c1ccccc1.O=c1ccn([C@@H]2O[C@H](OCP(=O)(O)OP(=O)(O)OP(=O)(O)O)C[C@@H]2O)c(=O)[nH]1. The zero-order chi connectivity index (χ0) is 75.4. The Hall–Kier alpha value is -5.98. The summed E-state index contributed by atoms with van der Waals surface area (Å²) in [7, 11) is -24.2. The Bertz CT molecular complexity index is 4360. The molecule has 9 rings (SSSR count). The van der Waals surface area contributed by atoms with Gasteiger partial charge in [-0.2, -0.15) is 4.31 Å². The normalized spacial score (nSPS) is 21.7. The van der Waals surface area contributed by atoms with Crippen molar-refractivity contribution in [3.8, 4) is 0 Å². The van der Waals surface area contributed by atoms with Gasteiger partial charge in [-0.25, -0.2) is 42.0 Å². The summed E-state index contributed by atoms with van der Waals surface area (Å²) in [6.45, 7) is 10.5. The molecule has 3 aliphatic rings. The third kappa shape index (κ3) is 28.5. The highest BCUT2D eigenvalue weighted by atomic mass is 127. The molecule has 3 aliphatic heterocycles. The van der Waals surface area contributed by atoms with Gasteiger partial charge in [-0.3, -0.25) is 51.7 Å². The first-order valence-electron chi connectivity index (χ1n) is 30.1. The van der Waals surface area contributed by atoms with E-state index in [2.05, 4.69) is 55.0 Å². The van der Waals surface area contributed by atoms with Gasteiger partial charge < -0.3 is 86.1 Å². The first-order valence-corrected chi connectivity index (χ1v) is 45.0. The molecule has 0 spiro atoms. The molecule has 46 heteroatoms. The molecule has 6 heterocycles. The lowest BCUT2D eigenvalue weighted by atomic mass is 10.2. The first-order chi connectivity index (χ1) is 47.7. The molecule has 2 unspecified atom stereocenters. The molecule has 0 amide bonds. The lowest BCUT2D eigenvalue weighted by Gasteiger charge is -2.22. The smallest absolute Gasteiger partial charge is 0.454 e. The summed E-state index contributed by atoms with van der Waals surface area (Å²) < 4.78 is 128. The minimum Gasteiger partial charge on any atom is -0.454 e. The predicted molar refractivity (Wildman–Crippen MR) is 364 cm³/mol. The van der Waals surface area contributed by atoms with Gasteiger partial charge in [-0.05, 0) is 43.7 Å². The Labute approximate surface area is 591 Å². The van der Waals surface area contributed by atoms with Crippen molar-refractivity contribution < 1.29 is 127 Å². The van der Waals surface area contributed by atoms with Crippen LogP contribution >= 0.6 is 60.2 Å². The monoisotopic (exact) mass is 1670 g/mol. The largest absolute Gasteiger partial charge is 0.488 e. The third-order valence-electron chi connectivity index (χ3n) is 13.0. The molecule has 0 radical (unpaired) electrons. The zero-order valence-electron chi connectivity index (χ0n) is 54.5. The highest BCUT2D eigenvalue weighted by molar-refractivity contribution is 14.1. The number of aliphatic hydroxyl groups excluding tert-OH is 1. The average Bonchev–Trinajstić information content (AvgIpc) is 1.65. The van der Waals surface area contributed by atoms with Crippen molar-refractivity contribution in [2.45, 2.75) is 122 Å². The van der Waals surface area contributed by atoms with Crippen molar-refractivity contribution in [1.82, 2.24) is 28.2 Å². The molecule has 3 aromatic carbocycles. The molecule has 0 aliphatic carbocycles. The predicted octanol–water partition coefficient (Wildman–Crippen LogP) is 4.84. The van der Waals surface area contributed by atoms with Gasteiger partial charge in [0.2, 0.25) is 0 Å². The van der Waals surface area contributed by atoms with Crippen LogP contribution in [0.2, 0.25) is 19.6 Å². The van der Waals surface area contributed by atoms with Gasteiger partial charge in [0.15, 0.2) is 68.8 Å². The van der Waals surface area contributed by atoms with Crippen LogP contribution in [-0.4, -0.2) is 150 Å². The minimum atomic E-state index is -5.61. The summed E-state index contributed by atoms with van der Waals surface area (Å²) in [5.74, 6) is -1.31. The molecule has 11 atom stereocenters. The van der Waals surface area contributed by atoms with Crippen LogP contribution in [0.3, 0.4) is 0 Å². The second-order valence-electron chi connectivity index (χ2n) is 22.4. The van der Waals surface area contributed by atoms with Crippen LogP contribution in [-0.2, 0) is 96.5 Å². The van der Waals surface area contributed by atoms with Gasteiger partial charge in [-0.1, -0.05) is 86.4 Å². The van der Waals surface area contributed by atoms with E-state index in [9.17, 15) is 71.2 Å². The van der Waals surface area contributed by atoms with Gasteiger partial charge >= 0.3 is 67.4 Å². The van der Waals surface area contributed by atoms with Gasteiger partial charge in [0.05, 0.1) is 30.9 Å². The third-order valence-corrected chi connectivity index (χ3v) is 19.2. The van der Waals surface area contributed by atoms with Crippen molar-refractivity contribution in [3.63, 3.8) is 0 Å². The number of aromatic nitrogens is 6. The number of hydrogen-bond acceptors (Lipinski definition) is 27. The highest BCUT2D eigenvalue weighted by Crippen LogP contribution is 2.66. The van der Waals surface area contributed by atoms with Crippen LogP contribution in [0.5, 0.6) is 0 Å². The Morgan fingerprint density at radius 3 is 1.45 bits per heavy atom. The van der Waals surface area contributed by atoms with Crippen molar-refractivity contribution in [2.75, 3.05) is 32.3 Å². The number of nitrogens with one attached hydrogen (secondary N) is 2. The molecular weight excluding hydrogens is 1590 g/mol. The lowest BCUT2D eigenvalue weighted by Crippen LogP contribution is -2.43. The molecule has 39 nitrogen and oxygen atoms in total. The minimum absolute atomic E-state index is 0.0115. The summed E-state index contributed by atoms with van der Waals surface area (Å²) >= 11 is 2.52. The molecule has 3 aromatic heterocycles. The number of esters is 2. The molecule has 0 saturated carbocycles. The van der Waals surface area contributed by atoms with Crippen LogP contribution in [0.1, 0.15) is 78.1 Å². The van der Waals surface area contributed by atoms with E-state index < -0.39 is 165 Å². The van der Waals surface area contributed by atoms with Crippen molar-refractivity contribution in [3.05, 3.63) is 207 Å². The molecule has 562 valence electrons. The fraction of sp³-hybridized carbons (Fsp3) is 0.429. The second kappa shape index (κ2) is 38.3. The molecule has 102 heavy (non-hydrogen) atoms. The van der Waals surface area contributed by atoms with Crippen LogP contribution < -0.4 is 33.7 Å². The van der Waals surface area contributed by atoms with E-state index in [-0.39, 0.29) is 51.4 Å². The number of carbonyl (C=O) groups is 2. The molecule has 3 fully saturated rings. The Balaban J connectivity index is 0.000000238. The van der Waals surface area contributed by atoms with E-state index in [1.54, 1.807) is 74.5 Å². The van der Waals surface area contributed by atoms with Crippen LogP contribution in [0.4, 0.5) is 0 Å². The zero-order valence-corrected chi connectivity index (χ0v) is 62.2. The topological polar surface area (TPSA) is 535 Å². The summed E-state index contributed by atoms with van der Waals surface area (Å²) in [5, 5.41) is 9.94. The maximum Gasteiger partial charge on any atom is 0.488 e. The Kier molecular flexibility index (Phi) is 31.9. The maximum absolute atomic E-state index is 13.4. The van der Waals surface area contributed by atoms with E-state index in [1.807, 2.05) is 35.3 Å². The number of carbonyl (C=O) groups excluding carboxylic acids is 2. The first kappa shape index (κ1) is 84.9. The molecule has 9 N–H and O–H groups in total. The standard InChI is InChI=1S/C28H33N2O10P.C16H17N2O9P.C9H15N2O14P3.C3H9ISi/c1-3-37-41(34,38-4-2)20-36-25-17-23(39-27(32)22-13-9-6-10-14-22)26(40-25)29-16-15-24(31)30(28(29)33)19-35-18-21-11-7-5-8-12-21;19-12-6-7-18(16(21)17-12)14-11(8-13(27-14)25-9-28(22,23)24)26-15(20)10-4-2-1-3-5-10;12-5-3-7(23-8(5)11-2-1-6(13)10-9(11)14)22-4-26(15,16)24-28(20,21)25-27(17,18)19;1-5(2,3)4/h5-16,23,25-26H,3-4,17-20H2,1-2H3;1-7,11,13-14H,8-9H2,(H,17,19,21)(H2,22,23,24);1-2,5,7-8,12H,3-4H2,(H,15,16)(H,20,21)(H,10,13,14)(H2,17,18,19);1-3H3/t23-,25-,26+;11-,13-,14+;5-,7-,8+;/m000./s1. The van der Waals surface area contributed by atoms with Crippen molar-refractivity contribution in [1.29, 1.82) is 0 Å². The van der Waals surface area contributed by atoms with Gasteiger partial charge in [0.25, 0.3) is 16.7 Å². The maximum atomic E-state index is 13.4. The van der Waals surface area contributed by atoms with E-state index in [0.717, 1.165) is 42.2 Å². The van der Waals surface area contributed by atoms with Crippen molar-refractivity contribution >= 4 is 77.7 Å². The fourth-order valence-electron chi connectivity index (χ4n) is 8.96. The van der Waals surface area contributed by atoms with Gasteiger partial charge in [0, 0.05) is 56.1 Å². The molecule has 0 bridgehead atoms. The second-order valence-corrected chi connectivity index (χ2v) is 44.5. The highest BCUT2D eigenvalue weighted by Gasteiger charge is 2.45. The number of aromatic amines is 2.